The molecule has 5 fully saturated rings. The van der Waals surface area contributed by atoms with Gasteiger partial charge in [-0.05, 0) is 76.0 Å². The zero-order valence-corrected chi connectivity index (χ0v) is 11.5. The summed E-state index contributed by atoms with van der Waals surface area (Å²) in [6.07, 6.45) is 10.4. The van der Waals surface area contributed by atoms with Crippen LogP contribution >= 0.6 is 0 Å². The average molecular weight is 247 g/mol. The lowest BCUT2D eigenvalue weighted by Gasteiger charge is -2.56. The molecule has 0 aromatic carbocycles. The highest BCUT2D eigenvalue weighted by molar-refractivity contribution is 5.83. The predicted molar refractivity (Wildman–Crippen MR) is 71.0 cm³/mol. The van der Waals surface area contributed by atoms with Crippen molar-refractivity contribution >= 4 is 5.91 Å². The van der Waals surface area contributed by atoms with Crippen LogP contribution in [0.15, 0.2) is 0 Å². The van der Waals surface area contributed by atoms with Crippen molar-refractivity contribution in [3.05, 3.63) is 0 Å². The molecular formula is C16H25NO. The summed E-state index contributed by atoms with van der Waals surface area (Å²) in [5, 5.41) is 0. The molecule has 5 rings (SSSR count). The summed E-state index contributed by atoms with van der Waals surface area (Å²) < 4.78 is 0. The molecule has 1 saturated heterocycles. The van der Waals surface area contributed by atoms with Gasteiger partial charge in [-0.25, -0.2) is 0 Å². The van der Waals surface area contributed by atoms with Gasteiger partial charge in [0.2, 0.25) is 5.91 Å². The molecule has 1 atom stereocenters. The molecule has 1 unspecified atom stereocenters. The largest absolute Gasteiger partial charge is 0.340 e. The Morgan fingerprint density at radius 1 is 1.06 bits per heavy atom. The molecule has 100 valence electrons. The van der Waals surface area contributed by atoms with Crippen LogP contribution in [0.5, 0.6) is 0 Å². The Bertz CT molecular complexity index is 340. The first kappa shape index (κ1) is 11.3. The van der Waals surface area contributed by atoms with Crippen molar-refractivity contribution in [2.45, 2.75) is 64.3 Å². The number of carbonyl (C=O) groups excluding carboxylic acids is 1. The fraction of sp³-hybridized carbons (Fsp3) is 0.938. The van der Waals surface area contributed by atoms with Gasteiger partial charge >= 0.3 is 0 Å². The molecule has 0 spiro atoms. The number of likely N-dealkylation sites (tertiary alicyclic amines) is 1. The smallest absolute Gasteiger partial charge is 0.229 e. The molecule has 4 aliphatic carbocycles. The van der Waals surface area contributed by atoms with Crippen molar-refractivity contribution in [2.75, 3.05) is 6.54 Å². The summed E-state index contributed by atoms with van der Waals surface area (Å²) in [4.78, 5) is 15.3. The lowest BCUT2D eigenvalue weighted by atomic mass is 9.49. The van der Waals surface area contributed by atoms with E-state index in [-0.39, 0.29) is 5.41 Å². The summed E-state index contributed by atoms with van der Waals surface area (Å²) >= 11 is 0. The third kappa shape index (κ3) is 1.50. The summed E-state index contributed by atoms with van der Waals surface area (Å²) in [7, 11) is 0. The first-order chi connectivity index (χ1) is 8.66. The Labute approximate surface area is 110 Å². The number of hydrogen-bond donors (Lipinski definition) is 0. The van der Waals surface area contributed by atoms with Crippen LogP contribution in [-0.4, -0.2) is 23.4 Å². The normalized spacial score (nSPS) is 49.9. The minimum atomic E-state index is 0.0906. The molecule has 0 N–H and O–H groups in total. The van der Waals surface area contributed by atoms with E-state index in [4.69, 9.17) is 0 Å². The molecule has 4 saturated carbocycles. The first-order valence-corrected chi connectivity index (χ1v) is 7.97. The van der Waals surface area contributed by atoms with Gasteiger partial charge in [0.15, 0.2) is 0 Å². The van der Waals surface area contributed by atoms with Crippen LogP contribution in [0, 0.1) is 23.2 Å². The summed E-state index contributed by atoms with van der Waals surface area (Å²) in [5.74, 6) is 3.21. The van der Waals surface area contributed by atoms with Crippen molar-refractivity contribution in [3.63, 3.8) is 0 Å². The highest BCUT2D eigenvalue weighted by Crippen LogP contribution is 2.60. The average Bonchev–Trinajstić information content (AvgIpc) is 2.72. The molecule has 0 aromatic rings. The molecular weight excluding hydrogens is 222 g/mol. The third-order valence-electron chi connectivity index (χ3n) is 6.31. The Hall–Kier alpha value is -0.530. The van der Waals surface area contributed by atoms with Crippen LogP contribution < -0.4 is 0 Å². The van der Waals surface area contributed by atoms with Crippen molar-refractivity contribution in [1.82, 2.24) is 4.90 Å². The van der Waals surface area contributed by atoms with E-state index >= 15 is 0 Å². The lowest BCUT2D eigenvalue weighted by Crippen LogP contribution is -2.55. The predicted octanol–water partition coefficient (Wildman–Crippen LogP) is 3.21. The fourth-order valence-electron chi connectivity index (χ4n) is 5.91. The van der Waals surface area contributed by atoms with Crippen molar-refractivity contribution in [3.8, 4) is 0 Å². The Kier molecular flexibility index (Phi) is 2.35. The maximum absolute atomic E-state index is 13.0. The summed E-state index contributed by atoms with van der Waals surface area (Å²) in [5.41, 5.74) is 0.0906. The van der Waals surface area contributed by atoms with Gasteiger partial charge in [0, 0.05) is 12.6 Å². The molecule has 1 aliphatic heterocycles. The van der Waals surface area contributed by atoms with Gasteiger partial charge in [-0.2, -0.15) is 0 Å². The third-order valence-corrected chi connectivity index (χ3v) is 6.31. The molecule has 18 heavy (non-hydrogen) atoms. The van der Waals surface area contributed by atoms with Crippen molar-refractivity contribution in [1.29, 1.82) is 0 Å². The van der Waals surface area contributed by atoms with E-state index < -0.39 is 0 Å². The molecule has 1 amide bonds. The summed E-state index contributed by atoms with van der Waals surface area (Å²) in [6.45, 7) is 3.27. The van der Waals surface area contributed by atoms with E-state index in [0.29, 0.717) is 11.9 Å². The van der Waals surface area contributed by atoms with Crippen LogP contribution in [0.1, 0.15) is 58.3 Å². The minimum absolute atomic E-state index is 0.0906. The second kappa shape index (κ2) is 3.74. The van der Waals surface area contributed by atoms with E-state index in [0.717, 1.165) is 24.3 Å². The quantitative estimate of drug-likeness (QED) is 0.696. The second-order valence-corrected chi connectivity index (χ2v) is 7.69. The van der Waals surface area contributed by atoms with Gasteiger partial charge < -0.3 is 4.90 Å². The molecule has 0 aromatic heterocycles. The van der Waals surface area contributed by atoms with Crippen LogP contribution in [0.2, 0.25) is 0 Å². The van der Waals surface area contributed by atoms with Crippen molar-refractivity contribution in [2.24, 2.45) is 23.2 Å². The van der Waals surface area contributed by atoms with Crippen molar-refractivity contribution < 1.29 is 4.79 Å². The van der Waals surface area contributed by atoms with E-state index in [1.807, 2.05) is 0 Å². The van der Waals surface area contributed by atoms with E-state index in [9.17, 15) is 4.79 Å². The molecule has 5 aliphatic rings. The Morgan fingerprint density at radius 2 is 1.61 bits per heavy atom. The van der Waals surface area contributed by atoms with Gasteiger partial charge in [-0.3, -0.25) is 4.79 Å². The molecule has 4 bridgehead atoms. The van der Waals surface area contributed by atoms with Crippen LogP contribution in [-0.2, 0) is 4.79 Å². The number of rotatable bonds is 1. The number of nitrogens with zero attached hydrogens (tertiary/aromatic N) is 1. The minimum Gasteiger partial charge on any atom is -0.340 e. The second-order valence-electron chi connectivity index (χ2n) is 7.69. The van der Waals surface area contributed by atoms with Crippen LogP contribution in [0.4, 0.5) is 0 Å². The molecule has 0 radical (unpaired) electrons. The maximum Gasteiger partial charge on any atom is 0.229 e. The summed E-state index contributed by atoms with van der Waals surface area (Å²) in [6, 6.07) is 0.505. The van der Waals surface area contributed by atoms with E-state index in [2.05, 4.69) is 11.8 Å². The van der Waals surface area contributed by atoms with Gasteiger partial charge in [-0.1, -0.05) is 0 Å². The molecule has 2 nitrogen and oxygen atoms in total. The van der Waals surface area contributed by atoms with Crippen LogP contribution in [0.25, 0.3) is 0 Å². The number of carbonyl (C=O) groups is 1. The van der Waals surface area contributed by atoms with Gasteiger partial charge in [0.25, 0.3) is 0 Å². The topological polar surface area (TPSA) is 20.3 Å². The lowest BCUT2D eigenvalue weighted by molar-refractivity contribution is -0.158. The van der Waals surface area contributed by atoms with Gasteiger partial charge in [0.1, 0.15) is 0 Å². The Balaban J connectivity index is 1.61. The Morgan fingerprint density at radius 3 is 2.06 bits per heavy atom. The number of hydrogen-bond acceptors (Lipinski definition) is 1. The fourth-order valence-corrected chi connectivity index (χ4v) is 5.91. The SMILES string of the molecule is CC1CCCN1C(=O)C12CC3CC(CC(C3)C1)C2. The van der Waals surface area contributed by atoms with Gasteiger partial charge in [-0.15, -0.1) is 0 Å². The highest BCUT2D eigenvalue weighted by atomic mass is 16.2. The van der Waals surface area contributed by atoms with Crippen LogP contribution in [0.3, 0.4) is 0 Å². The van der Waals surface area contributed by atoms with E-state index in [1.54, 1.807) is 0 Å². The molecule has 1 heterocycles. The zero-order chi connectivity index (χ0) is 12.3. The highest BCUT2D eigenvalue weighted by Gasteiger charge is 2.56. The zero-order valence-electron chi connectivity index (χ0n) is 11.5. The number of amides is 1. The standard InChI is InChI=1S/C16H25NO/c1-11-3-2-4-17(11)15(18)16-8-12-5-13(9-16)7-14(6-12)10-16/h11-14H,2-10H2,1H3. The maximum atomic E-state index is 13.0. The van der Waals surface area contributed by atoms with E-state index in [1.165, 1.54) is 51.4 Å². The van der Waals surface area contributed by atoms with Gasteiger partial charge in [0.05, 0.1) is 5.41 Å². The first-order valence-electron chi connectivity index (χ1n) is 7.97. The molecule has 2 heteroatoms. The monoisotopic (exact) mass is 247 g/mol.